The highest BCUT2D eigenvalue weighted by atomic mass is 32.2. The summed E-state index contributed by atoms with van der Waals surface area (Å²) in [6.07, 6.45) is 2.83. The Morgan fingerprint density at radius 1 is 1.47 bits per heavy atom. The third-order valence-corrected chi connectivity index (χ3v) is 3.82. The van der Waals surface area contributed by atoms with Crippen LogP contribution in [0.1, 0.15) is 33.1 Å². The molecular weight excluding hydrogens is 208 g/mol. The quantitative estimate of drug-likeness (QED) is 0.798. The molecule has 15 heavy (non-hydrogen) atoms. The first kappa shape index (κ1) is 12.8. The van der Waals surface area contributed by atoms with Crippen molar-refractivity contribution in [3.8, 4) is 0 Å². The van der Waals surface area contributed by atoms with Gasteiger partial charge >= 0.3 is 0 Å². The Bertz CT molecular complexity index is 211. The maximum atomic E-state index is 12.2. The van der Waals surface area contributed by atoms with E-state index in [9.17, 15) is 4.79 Å². The lowest BCUT2D eigenvalue weighted by atomic mass is 9.95. The van der Waals surface area contributed by atoms with Gasteiger partial charge in [-0.05, 0) is 25.5 Å². The number of thioether (sulfide) groups is 1. The maximum Gasteiger partial charge on any atom is 0.242 e. The Labute approximate surface area is 96.8 Å². The topological polar surface area (TPSA) is 46.3 Å². The van der Waals surface area contributed by atoms with E-state index < -0.39 is 5.54 Å². The minimum absolute atomic E-state index is 0.131. The van der Waals surface area contributed by atoms with Gasteiger partial charge in [0.2, 0.25) is 5.91 Å². The second kappa shape index (κ2) is 5.75. The summed E-state index contributed by atoms with van der Waals surface area (Å²) in [4.78, 5) is 14.1. The van der Waals surface area contributed by atoms with Crippen molar-refractivity contribution < 1.29 is 4.79 Å². The van der Waals surface area contributed by atoms with E-state index in [1.54, 1.807) is 0 Å². The SMILES string of the molecule is CCCC(C)(N)C(=O)N1CCCSCC1. The van der Waals surface area contributed by atoms with Gasteiger partial charge < -0.3 is 10.6 Å². The van der Waals surface area contributed by atoms with Gasteiger partial charge in [-0.2, -0.15) is 11.8 Å². The molecule has 3 nitrogen and oxygen atoms in total. The van der Waals surface area contributed by atoms with Gasteiger partial charge in [-0.25, -0.2) is 0 Å². The fourth-order valence-electron chi connectivity index (χ4n) is 1.94. The van der Waals surface area contributed by atoms with Crippen molar-refractivity contribution in [1.29, 1.82) is 0 Å². The van der Waals surface area contributed by atoms with Gasteiger partial charge in [0.05, 0.1) is 5.54 Å². The molecule has 2 N–H and O–H groups in total. The second-order valence-corrected chi connectivity index (χ2v) is 5.65. The molecule has 4 heteroatoms. The molecule has 1 amide bonds. The number of rotatable bonds is 3. The Morgan fingerprint density at radius 3 is 2.87 bits per heavy atom. The van der Waals surface area contributed by atoms with Gasteiger partial charge in [-0.1, -0.05) is 13.3 Å². The number of carbonyl (C=O) groups excluding carboxylic acids is 1. The molecule has 88 valence electrons. The Kier molecular flexibility index (Phi) is 4.93. The van der Waals surface area contributed by atoms with Crippen LogP contribution in [0, 0.1) is 0 Å². The summed E-state index contributed by atoms with van der Waals surface area (Å²) in [6.45, 7) is 5.66. The molecule has 1 heterocycles. The number of amides is 1. The van der Waals surface area contributed by atoms with Gasteiger partial charge in [-0.3, -0.25) is 4.79 Å². The van der Waals surface area contributed by atoms with Crippen molar-refractivity contribution in [2.24, 2.45) is 5.73 Å². The lowest BCUT2D eigenvalue weighted by Gasteiger charge is -2.30. The van der Waals surface area contributed by atoms with Crippen molar-refractivity contribution in [2.45, 2.75) is 38.6 Å². The zero-order valence-corrected chi connectivity index (χ0v) is 10.6. The summed E-state index contributed by atoms with van der Waals surface area (Å²) >= 11 is 1.93. The largest absolute Gasteiger partial charge is 0.340 e. The number of nitrogens with two attached hydrogens (primary N) is 1. The van der Waals surface area contributed by atoms with Crippen LogP contribution in [0.15, 0.2) is 0 Å². The monoisotopic (exact) mass is 230 g/mol. The first-order valence-electron chi connectivity index (χ1n) is 5.74. The molecule has 0 aromatic rings. The van der Waals surface area contributed by atoms with E-state index in [2.05, 4.69) is 6.92 Å². The first-order valence-corrected chi connectivity index (χ1v) is 6.89. The van der Waals surface area contributed by atoms with E-state index in [0.717, 1.165) is 38.1 Å². The Morgan fingerprint density at radius 2 is 2.20 bits per heavy atom. The predicted molar refractivity (Wildman–Crippen MR) is 66.0 cm³/mol. The number of carbonyl (C=O) groups is 1. The van der Waals surface area contributed by atoms with Crippen LogP contribution in [-0.2, 0) is 4.79 Å². The van der Waals surface area contributed by atoms with Crippen LogP contribution in [0.2, 0.25) is 0 Å². The summed E-state index contributed by atoms with van der Waals surface area (Å²) in [5, 5.41) is 0. The van der Waals surface area contributed by atoms with E-state index in [1.807, 2.05) is 23.6 Å². The number of hydrogen-bond acceptors (Lipinski definition) is 3. The maximum absolute atomic E-state index is 12.2. The van der Waals surface area contributed by atoms with Gasteiger partial charge in [0, 0.05) is 18.8 Å². The summed E-state index contributed by atoms with van der Waals surface area (Å²) < 4.78 is 0. The average Bonchev–Trinajstić information content (AvgIpc) is 2.44. The average molecular weight is 230 g/mol. The van der Waals surface area contributed by atoms with Gasteiger partial charge in [0.15, 0.2) is 0 Å². The van der Waals surface area contributed by atoms with Crippen LogP contribution in [0.25, 0.3) is 0 Å². The normalized spacial score (nSPS) is 21.9. The first-order chi connectivity index (χ1) is 7.08. The van der Waals surface area contributed by atoms with Crippen molar-refractivity contribution in [3.63, 3.8) is 0 Å². The van der Waals surface area contributed by atoms with E-state index in [4.69, 9.17) is 5.73 Å². The highest BCUT2D eigenvalue weighted by Gasteiger charge is 2.31. The zero-order valence-electron chi connectivity index (χ0n) is 9.79. The molecular formula is C11H22N2OS. The van der Waals surface area contributed by atoms with Crippen LogP contribution in [0.4, 0.5) is 0 Å². The van der Waals surface area contributed by atoms with Crippen molar-refractivity contribution >= 4 is 17.7 Å². The van der Waals surface area contributed by atoms with E-state index >= 15 is 0 Å². The molecule has 1 aliphatic rings. The summed E-state index contributed by atoms with van der Waals surface area (Å²) in [5.41, 5.74) is 5.39. The number of hydrogen-bond donors (Lipinski definition) is 1. The molecule has 0 radical (unpaired) electrons. The van der Waals surface area contributed by atoms with Crippen molar-refractivity contribution in [2.75, 3.05) is 24.6 Å². The minimum atomic E-state index is -0.663. The van der Waals surface area contributed by atoms with E-state index in [1.165, 1.54) is 5.75 Å². The molecule has 1 aliphatic heterocycles. The van der Waals surface area contributed by atoms with Crippen LogP contribution in [-0.4, -0.2) is 40.9 Å². The third-order valence-electron chi connectivity index (χ3n) is 2.77. The molecule has 0 bridgehead atoms. The second-order valence-electron chi connectivity index (χ2n) is 4.43. The minimum Gasteiger partial charge on any atom is -0.340 e. The smallest absolute Gasteiger partial charge is 0.242 e. The van der Waals surface area contributed by atoms with Gasteiger partial charge in [0.25, 0.3) is 0 Å². The van der Waals surface area contributed by atoms with Crippen LogP contribution in [0.3, 0.4) is 0 Å². The lowest BCUT2D eigenvalue weighted by molar-refractivity contribution is -0.136. The molecule has 1 unspecified atom stereocenters. The summed E-state index contributed by atoms with van der Waals surface area (Å²) in [5.74, 6) is 2.35. The molecule has 1 rings (SSSR count). The lowest BCUT2D eigenvalue weighted by Crippen LogP contribution is -2.53. The fraction of sp³-hybridized carbons (Fsp3) is 0.909. The Balaban J connectivity index is 2.56. The van der Waals surface area contributed by atoms with E-state index in [-0.39, 0.29) is 5.91 Å². The van der Waals surface area contributed by atoms with Crippen LogP contribution < -0.4 is 5.73 Å². The van der Waals surface area contributed by atoms with Crippen LogP contribution >= 0.6 is 11.8 Å². The van der Waals surface area contributed by atoms with Crippen LogP contribution in [0.5, 0.6) is 0 Å². The van der Waals surface area contributed by atoms with Crippen molar-refractivity contribution in [1.82, 2.24) is 4.90 Å². The molecule has 1 saturated heterocycles. The van der Waals surface area contributed by atoms with Gasteiger partial charge in [-0.15, -0.1) is 0 Å². The predicted octanol–water partition coefficient (Wildman–Crippen LogP) is 1.47. The zero-order chi connectivity index (χ0) is 11.3. The number of nitrogens with zero attached hydrogens (tertiary/aromatic N) is 1. The molecule has 1 atom stereocenters. The molecule has 0 aromatic carbocycles. The molecule has 1 fully saturated rings. The van der Waals surface area contributed by atoms with E-state index in [0.29, 0.717) is 0 Å². The molecule has 0 spiro atoms. The molecule has 0 aromatic heterocycles. The highest BCUT2D eigenvalue weighted by molar-refractivity contribution is 7.99. The third kappa shape index (κ3) is 3.68. The van der Waals surface area contributed by atoms with Crippen molar-refractivity contribution in [3.05, 3.63) is 0 Å². The molecule has 0 aliphatic carbocycles. The summed E-state index contributed by atoms with van der Waals surface area (Å²) in [6, 6.07) is 0. The fourth-order valence-corrected chi connectivity index (χ4v) is 2.82. The standard InChI is InChI=1S/C11H22N2OS/c1-3-5-11(2,12)10(14)13-6-4-8-15-9-7-13/h3-9,12H2,1-2H3. The molecule has 0 saturated carbocycles. The highest BCUT2D eigenvalue weighted by Crippen LogP contribution is 2.16. The summed E-state index contributed by atoms with van der Waals surface area (Å²) in [7, 11) is 0. The Hall–Kier alpha value is -0.220. The van der Waals surface area contributed by atoms with Gasteiger partial charge in [0.1, 0.15) is 0 Å².